The minimum atomic E-state index is 1.27. The molecule has 0 N–H and O–H groups in total. The highest BCUT2D eigenvalue weighted by molar-refractivity contribution is 6.14. The van der Waals surface area contributed by atoms with E-state index in [1.54, 1.807) is 0 Å². The van der Waals surface area contributed by atoms with Crippen LogP contribution in [-0.2, 0) is 0 Å². The van der Waals surface area contributed by atoms with E-state index in [0.717, 1.165) is 0 Å². The van der Waals surface area contributed by atoms with E-state index in [2.05, 4.69) is 137 Å². The first kappa shape index (κ1) is 22.3. The second-order valence-electron chi connectivity index (χ2n) is 10.1. The third-order valence-corrected chi connectivity index (χ3v) is 7.46. The van der Waals surface area contributed by atoms with Crippen LogP contribution in [0.4, 0.5) is 0 Å². The zero-order valence-electron chi connectivity index (χ0n) is 21.4. The summed E-state index contributed by atoms with van der Waals surface area (Å²) in [6, 6.07) is 40.3. The summed E-state index contributed by atoms with van der Waals surface area (Å²) in [5.74, 6) is 0. The van der Waals surface area contributed by atoms with Crippen LogP contribution >= 0.6 is 0 Å². The highest BCUT2D eigenvalue weighted by atomic mass is 14.2. The lowest BCUT2D eigenvalue weighted by atomic mass is 9.83. The molecule has 0 aliphatic carbocycles. The molecule has 0 atom stereocenters. The Bertz CT molecular complexity index is 1600. The van der Waals surface area contributed by atoms with Crippen molar-refractivity contribution in [1.82, 2.24) is 0 Å². The average molecular weight is 463 g/mol. The van der Waals surface area contributed by atoms with E-state index in [-0.39, 0.29) is 0 Å². The van der Waals surface area contributed by atoms with Gasteiger partial charge in [-0.1, -0.05) is 120 Å². The highest BCUT2D eigenvalue weighted by Gasteiger charge is 2.18. The van der Waals surface area contributed by atoms with Gasteiger partial charge in [0.2, 0.25) is 0 Å². The molecule has 0 aliphatic heterocycles. The molecule has 0 heteroatoms. The van der Waals surface area contributed by atoms with Crippen molar-refractivity contribution in [3.05, 3.63) is 131 Å². The molecule has 36 heavy (non-hydrogen) atoms. The molecule has 0 radical (unpaired) electrons. The molecule has 0 spiro atoms. The smallest absolute Gasteiger partial charge is 0.00668 e. The molecular weight excluding hydrogens is 432 g/mol. The number of rotatable bonds is 3. The SMILES string of the molecule is Cc1ccc(-c2cc(C)c(-c3c(C)cc(-c4ccc(C)cc4)c4ccccc34)c3ccccc23)cc1. The zero-order valence-corrected chi connectivity index (χ0v) is 21.4. The van der Waals surface area contributed by atoms with E-state index in [0.29, 0.717) is 0 Å². The first-order valence-corrected chi connectivity index (χ1v) is 12.7. The average Bonchev–Trinajstić information content (AvgIpc) is 2.90. The molecule has 0 aromatic heterocycles. The summed E-state index contributed by atoms with van der Waals surface area (Å²) < 4.78 is 0. The van der Waals surface area contributed by atoms with Gasteiger partial charge >= 0.3 is 0 Å². The number of hydrogen-bond acceptors (Lipinski definition) is 0. The first-order valence-electron chi connectivity index (χ1n) is 12.7. The molecule has 0 fully saturated rings. The van der Waals surface area contributed by atoms with E-state index < -0.39 is 0 Å². The minimum Gasteiger partial charge on any atom is -0.0616 e. The summed E-state index contributed by atoms with van der Waals surface area (Å²) in [7, 11) is 0. The Morgan fingerprint density at radius 1 is 0.361 bits per heavy atom. The van der Waals surface area contributed by atoms with Crippen molar-refractivity contribution in [2.24, 2.45) is 0 Å². The van der Waals surface area contributed by atoms with Gasteiger partial charge in [-0.15, -0.1) is 0 Å². The van der Waals surface area contributed by atoms with E-state index in [1.807, 2.05) is 0 Å². The Labute approximate surface area is 213 Å². The van der Waals surface area contributed by atoms with E-state index in [4.69, 9.17) is 0 Å². The Morgan fingerprint density at radius 2 is 0.694 bits per heavy atom. The summed E-state index contributed by atoms with van der Waals surface area (Å²) in [4.78, 5) is 0. The highest BCUT2D eigenvalue weighted by Crippen LogP contribution is 2.44. The molecule has 0 saturated carbocycles. The largest absolute Gasteiger partial charge is 0.0616 e. The van der Waals surface area contributed by atoms with Gasteiger partial charge in [-0.05, 0) is 93.7 Å². The third kappa shape index (κ3) is 3.71. The van der Waals surface area contributed by atoms with Crippen LogP contribution in [0.5, 0.6) is 0 Å². The fourth-order valence-electron chi connectivity index (χ4n) is 5.64. The molecular formula is C36H30. The van der Waals surface area contributed by atoms with Gasteiger partial charge in [0, 0.05) is 0 Å². The fraction of sp³-hybridized carbons (Fsp3) is 0.111. The monoisotopic (exact) mass is 462 g/mol. The molecule has 0 bridgehead atoms. The summed E-state index contributed by atoms with van der Waals surface area (Å²) >= 11 is 0. The van der Waals surface area contributed by atoms with Crippen molar-refractivity contribution in [2.75, 3.05) is 0 Å². The topological polar surface area (TPSA) is 0 Å². The second-order valence-corrected chi connectivity index (χ2v) is 10.1. The van der Waals surface area contributed by atoms with Gasteiger partial charge < -0.3 is 0 Å². The van der Waals surface area contributed by atoms with Crippen molar-refractivity contribution in [1.29, 1.82) is 0 Å². The Kier molecular flexibility index (Phi) is 5.46. The van der Waals surface area contributed by atoms with E-state index in [1.165, 1.54) is 77.2 Å². The lowest BCUT2D eigenvalue weighted by Gasteiger charge is -2.20. The third-order valence-electron chi connectivity index (χ3n) is 7.46. The lowest BCUT2D eigenvalue weighted by Crippen LogP contribution is -1.95. The molecule has 174 valence electrons. The van der Waals surface area contributed by atoms with E-state index in [9.17, 15) is 0 Å². The molecule has 0 heterocycles. The van der Waals surface area contributed by atoms with Gasteiger partial charge in [0.1, 0.15) is 0 Å². The normalized spacial score (nSPS) is 11.3. The fourth-order valence-corrected chi connectivity index (χ4v) is 5.64. The van der Waals surface area contributed by atoms with Crippen LogP contribution in [0.2, 0.25) is 0 Å². The van der Waals surface area contributed by atoms with Crippen LogP contribution in [0.15, 0.2) is 109 Å². The predicted molar refractivity (Wildman–Crippen MR) is 157 cm³/mol. The maximum absolute atomic E-state index is 2.38. The van der Waals surface area contributed by atoms with Crippen LogP contribution in [0.1, 0.15) is 22.3 Å². The van der Waals surface area contributed by atoms with Gasteiger partial charge in [0.15, 0.2) is 0 Å². The van der Waals surface area contributed by atoms with Gasteiger partial charge in [-0.25, -0.2) is 0 Å². The molecule has 6 aromatic carbocycles. The lowest BCUT2D eigenvalue weighted by molar-refractivity contribution is 1.43. The maximum Gasteiger partial charge on any atom is -0.00668 e. The van der Waals surface area contributed by atoms with Crippen LogP contribution in [0, 0.1) is 27.7 Å². The van der Waals surface area contributed by atoms with Crippen LogP contribution in [-0.4, -0.2) is 0 Å². The molecule has 0 nitrogen and oxygen atoms in total. The molecule has 0 saturated heterocycles. The summed E-state index contributed by atoms with van der Waals surface area (Å²) in [5, 5.41) is 5.22. The number of fused-ring (bicyclic) bond motifs is 2. The van der Waals surface area contributed by atoms with Gasteiger partial charge in [0.05, 0.1) is 0 Å². The maximum atomic E-state index is 2.38. The van der Waals surface area contributed by atoms with Gasteiger partial charge in [-0.3, -0.25) is 0 Å². The second kappa shape index (κ2) is 8.81. The van der Waals surface area contributed by atoms with Crippen LogP contribution in [0.3, 0.4) is 0 Å². The quantitative estimate of drug-likeness (QED) is 0.245. The van der Waals surface area contributed by atoms with Gasteiger partial charge in [0.25, 0.3) is 0 Å². The summed E-state index contributed by atoms with van der Waals surface area (Å²) in [6.07, 6.45) is 0. The number of aryl methyl sites for hydroxylation is 4. The Balaban J connectivity index is 1.66. The molecule has 6 aromatic rings. The standard InChI is InChI=1S/C36H30/c1-23-13-17-27(18-14-23)33-21-25(3)35(31-11-7-5-9-29(31)33)36-26(4)22-34(28-19-15-24(2)16-20-28)30-10-6-8-12-32(30)36/h5-22H,1-4H3. The molecule has 0 aliphatic rings. The zero-order chi connectivity index (χ0) is 24.8. The number of benzene rings is 6. The Morgan fingerprint density at radius 3 is 1.06 bits per heavy atom. The van der Waals surface area contributed by atoms with Crippen molar-refractivity contribution in [3.8, 4) is 33.4 Å². The molecule has 6 rings (SSSR count). The van der Waals surface area contributed by atoms with Crippen molar-refractivity contribution in [3.63, 3.8) is 0 Å². The van der Waals surface area contributed by atoms with Crippen molar-refractivity contribution < 1.29 is 0 Å². The van der Waals surface area contributed by atoms with E-state index >= 15 is 0 Å². The van der Waals surface area contributed by atoms with Crippen molar-refractivity contribution >= 4 is 21.5 Å². The number of hydrogen-bond donors (Lipinski definition) is 0. The van der Waals surface area contributed by atoms with Crippen LogP contribution in [0.25, 0.3) is 54.9 Å². The first-order chi connectivity index (χ1) is 17.5. The molecule has 0 unspecified atom stereocenters. The minimum absolute atomic E-state index is 1.27. The van der Waals surface area contributed by atoms with Gasteiger partial charge in [-0.2, -0.15) is 0 Å². The predicted octanol–water partition coefficient (Wildman–Crippen LogP) is 10.2. The van der Waals surface area contributed by atoms with Crippen LogP contribution < -0.4 is 0 Å². The Hall–Kier alpha value is -4.16. The van der Waals surface area contributed by atoms with Crippen molar-refractivity contribution in [2.45, 2.75) is 27.7 Å². The molecule has 0 amide bonds. The summed E-state index contributed by atoms with van der Waals surface area (Å²) in [6.45, 7) is 8.82. The summed E-state index contributed by atoms with van der Waals surface area (Å²) in [5.41, 5.74) is 13.0.